The molecule has 0 spiro atoms. The molecular weight excluding hydrogens is 378 g/mol. The van der Waals surface area contributed by atoms with Gasteiger partial charge in [0.25, 0.3) is 5.69 Å². The summed E-state index contributed by atoms with van der Waals surface area (Å²) >= 11 is 0. The smallest absolute Gasteiger partial charge is 0.257 e. The zero-order valence-electron chi connectivity index (χ0n) is 19.8. The number of para-hydroxylation sites is 1. The van der Waals surface area contributed by atoms with Crippen molar-refractivity contribution in [1.29, 1.82) is 0 Å². The maximum absolute atomic E-state index is 6.84. The van der Waals surface area contributed by atoms with Crippen LogP contribution in [0, 0.1) is 19.8 Å². The van der Waals surface area contributed by atoms with E-state index in [0.29, 0.717) is 11.8 Å². The maximum Gasteiger partial charge on any atom is 0.257 e. The number of pyridine rings is 1. The molecule has 0 atom stereocenters. The van der Waals surface area contributed by atoms with Gasteiger partial charge in [0.2, 0.25) is 11.3 Å². The highest BCUT2D eigenvalue weighted by molar-refractivity contribution is 6.06. The van der Waals surface area contributed by atoms with Gasteiger partial charge in [-0.3, -0.25) is 0 Å². The highest BCUT2D eigenvalue weighted by atomic mass is 16.5. The predicted molar refractivity (Wildman–Crippen MR) is 130 cm³/mol. The summed E-state index contributed by atoms with van der Waals surface area (Å²) in [5, 5.41) is 3.83. The van der Waals surface area contributed by atoms with E-state index in [0.717, 1.165) is 17.9 Å². The number of rotatable bonds is 3. The summed E-state index contributed by atoms with van der Waals surface area (Å²) in [6, 6.07) is 15.7. The Kier molecular flexibility index (Phi) is 4.58. The van der Waals surface area contributed by atoms with Crippen LogP contribution >= 0.6 is 0 Å². The molecule has 0 saturated heterocycles. The third-order valence-electron chi connectivity index (χ3n) is 6.89. The van der Waals surface area contributed by atoms with E-state index in [1.165, 1.54) is 55.2 Å². The monoisotopic (exact) mass is 410 g/mol. The van der Waals surface area contributed by atoms with Crippen LogP contribution in [0.15, 0.2) is 42.5 Å². The van der Waals surface area contributed by atoms with Crippen LogP contribution < -0.4 is 9.30 Å². The van der Waals surface area contributed by atoms with Gasteiger partial charge in [-0.05, 0) is 66.3 Å². The van der Waals surface area contributed by atoms with Crippen molar-refractivity contribution in [1.82, 2.24) is 0 Å². The second-order valence-corrected chi connectivity index (χ2v) is 9.90. The van der Waals surface area contributed by atoms with Crippen LogP contribution in [-0.4, -0.2) is 0 Å². The van der Waals surface area contributed by atoms with Gasteiger partial charge in [-0.15, -0.1) is 0 Å². The zero-order valence-corrected chi connectivity index (χ0v) is 19.8. The Labute approximate surface area is 185 Å². The fourth-order valence-corrected chi connectivity index (χ4v) is 5.15. The second kappa shape index (κ2) is 7.09. The van der Waals surface area contributed by atoms with Crippen molar-refractivity contribution in [2.24, 2.45) is 13.0 Å². The molecule has 1 aliphatic heterocycles. The first-order valence-electron chi connectivity index (χ1n) is 11.5. The van der Waals surface area contributed by atoms with Crippen LogP contribution in [0.5, 0.6) is 11.5 Å². The topological polar surface area (TPSA) is 13.1 Å². The van der Waals surface area contributed by atoms with Crippen molar-refractivity contribution in [3.8, 4) is 22.8 Å². The molecule has 2 heterocycles. The quantitative estimate of drug-likeness (QED) is 0.280. The Balaban J connectivity index is 1.99. The third kappa shape index (κ3) is 2.96. The summed E-state index contributed by atoms with van der Waals surface area (Å²) in [4.78, 5) is 0. The summed E-state index contributed by atoms with van der Waals surface area (Å²) < 4.78 is 9.18. The molecule has 0 radical (unpaired) electrons. The van der Waals surface area contributed by atoms with Crippen LogP contribution in [0.25, 0.3) is 32.9 Å². The van der Waals surface area contributed by atoms with Crippen LogP contribution in [-0.2, 0) is 13.5 Å². The molecule has 2 heteroatoms. The number of benzene rings is 3. The molecule has 0 aliphatic carbocycles. The van der Waals surface area contributed by atoms with E-state index < -0.39 is 0 Å². The van der Waals surface area contributed by atoms with E-state index >= 15 is 0 Å². The van der Waals surface area contributed by atoms with Gasteiger partial charge in [0.1, 0.15) is 12.8 Å². The van der Waals surface area contributed by atoms with Gasteiger partial charge in [-0.25, -0.2) is 0 Å². The average molecular weight is 411 g/mol. The van der Waals surface area contributed by atoms with Crippen molar-refractivity contribution in [2.75, 3.05) is 0 Å². The van der Waals surface area contributed by atoms with E-state index in [9.17, 15) is 0 Å². The summed E-state index contributed by atoms with van der Waals surface area (Å²) in [7, 11) is 2.19. The van der Waals surface area contributed by atoms with E-state index in [1.807, 2.05) is 0 Å². The normalized spacial score (nSPS) is 12.7. The molecule has 1 aliphatic rings. The van der Waals surface area contributed by atoms with E-state index in [1.54, 1.807) is 0 Å². The first-order valence-corrected chi connectivity index (χ1v) is 11.5. The molecule has 1 aromatic heterocycles. The minimum absolute atomic E-state index is 0.457. The molecule has 0 unspecified atom stereocenters. The van der Waals surface area contributed by atoms with Crippen molar-refractivity contribution < 1.29 is 9.30 Å². The minimum atomic E-state index is 0.457. The number of aryl methyl sites for hydroxylation is 2. The van der Waals surface area contributed by atoms with Gasteiger partial charge in [-0.2, -0.15) is 4.57 Å². The highest BCUT2D eigenvalue weighted by Gasteiger charge is 2.34. The molecule has 2 nitrogen and oxygen atoms in total. The summed E-state index contributed by atoms with van der Waals surface area (Å²) in [6.45, 7) is 13.6. The molecule has 0 saturated carbocycles. The number of aromatic nitrogens is 1. The van der Waals surface area contributed by atoms with Gasteiger partial charge in [0.15, 0.2) is 0 Å². The van der Waals surface area contributed by atoms with Gasteiger partial charge in [-0.1, -0.05) is 52.0 Å². The van der Waals surface area contributed by atoms with Crippen molar-refractivity contribution in [2.45, 2.75) is 53.9 Å². The maximum atomic E-state index is 6.84. The fraction of sp³-hybridized carbons (Fsp3) is 0.345. The van der Waals surface area contributed by atoms with Crippen LogP contribution in [0.3, 0.4) is 0 Å². The number of hydrogen-bond acceptors (Lipinski definition) is 1. The average Bonchev–Trinajstić information content (AvgIpc) is 2.73. The molecule has 0 fully saturated rings. The van der Waals surface area contributed by atoms with E-state index in [2.05, 4.69) is 95.6 Å². The minimum Gasteiger partial charge on any atom is -0.449 e. The van der Waals surface area contributed by atoms with Crippen LogP contribution in [0.2, 0.25) is 0 Å². The van der Waals surface area contributed by atoms with Gasteiger partial charge < -0.3 is 4.74 Å². The Morgan fingerprint density at radius 2 is 1.71 bits per heavy atom. The first-order chi connectivity index (χ1) is 14.8. The first kappa shape index (κ1) is 20.1. The van der Waals surface area contributed by atoms with Crippen LogP contribution in [0.4, 0.5) is 0 Å². The lowest BCUT2D eigenvalue weighted by Gasteiger charge is -2.26. The van der Waals surface area contributed by atoms with Gasteiger partial charge in [0, 0.05) is 17.0 Å². The molecule has 0 amide bonds. The predicted octanol–water partition coefficient (Wildman–Crippen LogP) is 7.53. The Bertz CT molecular complexity index is 1360. The van der Waals surface area contributed by atoms with Crippen molar-refractivity contribution in [3.05, 3.63) is 64.7 Å². The Morgan fingerprint density at radius 1 is 0.968 bits per heavy atom. The molecule has 158 valence electrons. The largest absolute Gasteiger partial charge is 0.449 e. The number of nitrogens with zero attached hydrogens (tertiary/aromatic N) is 1. The fourth-order valence-electron chi connectivity index (χ4n) is 5.15. The second-order valence-electron chi connectivity index (χ2n) is 9.90. The van der Waals surface area contributed by atoms with Gasteiger partial charge >= 0.3 is 0 Å². The Morgan fingerprint density at radius 3 is 2.42 bits per heavy atom. The van der Waals surface area contributed by atoms with Gasteiger partial charge in [0.05, 0.1) is 10.9 Å². The zero-order chi connectivity index (χ0) is 22.0. The summed E-state index contributed by atoms with van der Waals surface area (Å²) in [6.07, 6.45) is 0.997. The summed E-state index contributed by atoms with van der Waals surface area (Å²) in [5.41, 5.74) is 9.14. The molecule has 4 aromatic rings. The lowest BCUT2D eigenvalue weighted by molar-refractivity contribution is -0.633. The van der Waals surface area contributed by atoms with Crippen molar-refractivity contribution in [3.63, 3.8) is 0 Å². The van der Waals surface area contributed by atoms with E-state index in [4.69, 9.17) is 4.74 Å². The molecule has 31 heavy (non-hydrogen) atoms. The molecule has 5 rings (SSSR count). The number of fused-ring (bicyclic) bond motifs is 3. The van der Waals surface area contributed by atoms with Crippen LogP contribution in [0.1, 0.15) is 55.9 Å². The third-order valence-corrected chi connectivity index (χ3v) is 6.89. The van der Waals surface area contributed by atoms with Crippen molar-refractivity contribution >= 4 is 21.7 Å². The highest BCUT2D eigenvalue weighted by Crippen LogP contribution is 2.50. The molecule has 3 aromatic carbocycles. The molecular formula is C29H32NO+. The Hall–Kier alpha value is -2.87. The standard InChI is InChI=1S/C29H32NO/c1-16(2)12-23-22-10-8-9-11-24(22)30(7)28-26-19(6)18(5)13-21-14-20(17(3)4)15-25(27(21)26)31-29(23)28/h8-11,13-17H,12H2,1-7H3/q+1. The van der Waals surface area contributed by atoms with E-state index in [-0.39, 0.29) is 0 Å². The lowest BCUT2D eigenvalue weighted by Crippen LogP contribution is -2.34. The lowest BCUT2D eigenvalue weighted by atomic mass is 9.86. The molecule has 0 N–H and O–H groups in total. The number of ether oxygens (including phenoxy) is 1. The molecule has 0 bridgehead atoms. The SMILES string of the molecule is Cc1cc2cc(C(C)C)cc3c2c(c1C)-c1c(c(CC(C)C)c2ccccc2[n+]1C)O3. The summed E-state index contributed by atoms with van der Waals surface area (Å²) in [5.74, 6) is 3.05. The number of hydrogen-bond donors (Lipinski definition) is 0.